The zero-order valence-electron chi connectivity index (χ0n) is 11.5. The number of rotatable bonds is 2. The molecule has 2 aromatic rings. The van der Waals surface area contributed by atoms with E-state index in [1.807, 2.05) is 0 Å². The molecule has 1 heterocycles. The van der Waals surface area contributed by atoms with Gasteiger partial charge in [0.05, 0.1) is 4.83 Å². The summed E-state index contributed by atoms with van der Waals surface area (Å²) in [5.41, 5.74) is 3.79. The fraction of sp³-hybridized carbons (Fsp3) is 0.294. The van der Waals surface area contributed by atoms with Crippen molar-refractivity contribution in [3.63, 3.8) is 0 Å². The molecule has 0 aromatic heterocycles. The van der Waals surface area contributed by atoms with E-state index in [2.05, 4.69) is 94.8 Å². The van der Waals surface area contributed by atoms with Crippen LogP contribution >= 0.6 is 38.5 Å². The van der Waals surface area contributed by atoms with Crippen LogP contribution in [-0.4, -0.2) is 5.60 Å². The molecule has 3 rings (SSSR count). The topological polar surface area (TPSA) is 9.23 Å². The standard InChI is InChI=1S/C17H16BrIO/c1-17(2)10-13-9-12(5-8-15(13)20-17)16(18)11-3-6-14(19)7-4-11/h3-9,16H,10H2,1-2H3. The quantitative estimate of drug-likeness (QED) is 0.441. The summed E-state index contributed by atoms with van der Waals surface area (Å²) in [6.07, 6.45) is 0.975. The molecule has 0 radical (unpaired) electrons. The van der Waals surface area contributed by atoms with E-state index in [0.717, 1.165) is 12.2 Å². The van der Waals surface area contributed by atoms with Crippen molar-refractivity contribution in [3.05, 3.63) is 62.7 Å². The molecular formula is C17H16BrIO. The Morgan fingerprint density at radius 2 is 1.75 bits per heavy atom. The molecule has 0 aliphatic carbocycles. The predicted molar refractivity (Wildman–Crippen MR) is 94.8 cm³/mol. The monoisotopic (exact) mass is 442 g/mol. The van der Waals surface area contributed by atoms with Crippen LogP contribution in [0.5, 0.6) is 5.75 Å². The van der Waals surface area contributed by atoms with Crippen LogP contribution in [0.25, 0.3) is 0 Å². The van der Waals surface area contributed by atoms with Gasteiger partial charge in [-0.25, -0.2) is 0 Å². The van der Waals surface area contributed by atoms with E-state index >= 15 is 0 Å². The highest BCUT2D eigenvalue weighted by atomic mass is 127. The van der Waals surface area contributed by atoms with Crippen molar-refractivity contribution >= 4 is 38.5 Å². The Kier molecular flexibility index (Phi) is 3.84. The number of alkyl halides is 1. The lowest BCUT2D eigenvalue weighted by atomic mass is 9.98. The van der Waals surface area contributed by atoms with Gasteiger partial charge in [0.15, 0.2) is 0 Å². The SMILES string of the molecule is CC1(C)Cc2cc(C(Br)c3ccc(I)cc3)ccc2O1. The third kappa shape index (κ3) is 2.89. The molecule has 0 fully saturated rings. The molecule has 1 atom stereocenters. The number of hydrogen-bond donors (Lipinski definition) is 0. The van der Waals surface area contributed by atoms with Crippen LogP contribution in [0, 0.1) is 3.57 Å². The minimum absolute atomic E-state index is 0.0778. The zero-order chi connectivity index (χ0) is 14.3. The van der Waals surface area contributed by atoms with Gasteiger partial charge in [-0.15, -0.1) is 0 Å². The number of ether oxygens (including phenoxy) is 1. The summed E-state index contributed by atoms with van der Waals surface area (Å²) < 4.78 is 7.19. The van der Waals surface area contributed by atoms with Gasteiger partial charge in [-0.2, -0.15) is 0 Å². The molecule has 104 valence electrons. The molecule has 0 N–H and O–H groups in total. The first-order valence-corrected chi connectivity index (χ1v) is 8.65. The molecule has 1 aliphatic rings. The summed E-state index contributed by atoms with van der Waals surface area (Å²) in [6.45, 7) is 4.27. The zero-order valence-corrected chi connectivity index (χ0v) is 15.2. The van der Waals surface area contributed by atoms with Crippen molar-refractivity contribution in [1.82, 2.24) is 0 Å². The van der Waals surface area contributed by atoms with Crippen LogP contribution in [-0.2, 0) is 6.42 Å². The first-order chi connectivity index (χ1) is 9.44. The van der Waals surface area contributed by atoms with Gasteiger partial charge in [0.2, 0.25) is 0 Å². The van der Waals surface area contributed by atoms with Gasteiger partial charge in [0.25, 0.3) is 0 Å². The van der Waals surface area contributed by atoms with Crippen LogP contribution in [0.2, 0.25) is 0 Å². The lowest BCUT2D eigenvalue weighted by Crippen LogP contribution is -2.24. The summed E-state index contributed by atoms with van der Waals surface area (Å²) in [7, 11) is 0. The molecule has 1 nitrogen and oxygen atoms in total. The largest absolute Gasteiger partial charge is 0.487 e. The van der Waals surface area contributed by atoms with Gasteiger partial charge < -0.3 is 4.74 Å². The smallest absolute Gasteiger partial charge is 0.123 e. The predicted octanol–water partition coefficient (Wildman–Crippen LogP) is 5.49. The molecule has 2 aromatic carbocycles. The average molecular weight is 443 g/mol. The normalized spacial score (nSPS) is 17.4. The van der Waals surface area contributed by atoms with Crippen LogP contribution in [0.15, 0.2) is 42.5 Å². The van der Waals surface area contributed by atoms with Crippen LogP contribution < -0.4 is 4.74 Å². The summed E-state index contributed by atoms with van der Waals surface area (Å²) in [5, 5.41) is 0. The average Bonchev–Trinajstić information content (AvgIpc) is 2.71. The second-order valence-electron chi connectivity index (χ2n) is 5.82. The number of fused-ring (bicyclic) bond motifs is 1. The van der Waals surface area contributed by atoms with Crippen LogP contribution in [0.1, 0.15) is 35.4 Å². The Balaban J connectivity index is 1.90. The van der Waals surface area contributed by atoms with Crippen LogP contribution in [0.3, 0.4) is 0 Å². The molecule has 0 amide bonds. The molecule has 3 heteroatoms. The van der Waals surface area contributed by atoms with E-state index in [-0.39, 0.29) is 10.4 Å². The van der Waals surface area contributed by atoms with E-state index in [1.165, 1.54) is 20.3 Å². The third-order valence-electron chi connectivity index (χ3n) is 3.54. The van der Waals surface area contributed by atoms with Gasteiger partial charge in [0.1, 0.15) is 11.4 Å². The molecule has 1 unspecified atom stereocenters. The Morgan fingerprint density at radius 3 is 2.45 bits per heavy atom. The molecule has 20 heavy (non-hydrogen) atoms. The Labute approximate surface area is 142 Å². The van der Waals surface area contributed by atoms with E-state index in [9.17, 15) is 0 Å². The van der Waals surface area contributed by atoms with Crippen molar-refractivity contribution in [3.8, 4) is 5.75 Å². The minimum Gasteiger partial charge on any atom is -0.487 e. The van der Waals surface area contributed by atoms with Crippen molar-refractivity contribution in [1.29, 1.82) is 0 Å². The number of benzene rings is 2. The summed E-state index contributed by atoms with van der Waals surface area (Å²) >= 11 is 6.14. The van der Waals surface area contributed by atoms with E-state index in [1.54, 1.807) is 0 Å². The van der Waals surface area contributed by atoms with Gasteiger partial charge in [-0.1, -0.05) is 40.2 Å². The van der Waals surface area contributed by atoms with Gasteiger partial charge in [-0.05, 0) is 71.3 Å². The molecule has 0 saturated carbocycles. The first kappa shape index (κ1) is 14.4. The highest BCUT2D eigenvalue weighted by Crippen LogP contribution is 2.39. The Morgan fingerprint density at radius 1 is 1.10 bits per heavy atom. The lowest BCUT2D eigenvalue weighted by molar-refractivity contribution is 0.138. The highest BCUT2D eigenvalue weighted by Gasteiger charge is 2.30. The Hall–Kier alpha value is -0.550. The second-order valence-corrected chi connectivity index (χ2v) is 7.98. The van der Waals surface area contributed by atoms with Crippen LogP contribution in [0.4, 0.5) is 0 Å². The number of hydrogen-bond acceptors (Lipinski definition) is 1. The summed E-state index contributed by atoms with van der Waals surface area (Å²) in [6, 6.07) is 15.1. The molecule has 0 bridgehead atoms. The van der Waals surface area contributed by atoms with Crippen molar-refractivity contribution in [2.45, 2.75) is 30.7 Å². The number of halogens is 2. The maximum Gasteiger partial charge on any atom is 0.123 e. The first-order valence-electron chi connectivity index (χ1n) is 6.66. The van der Waals surface area contributed by atoms with E-state index in [4.69, 9.17) is 4.74 Å². The van der Waals surface area contributed by atoms with Gasteiger partial charge >= 0.3 is 0 Å². The maximum absolute atomic E-state index is 5.93. The summed E-state index contributed by atoms with van der Waals surface area (Å²) in [5.74, 6) is 1.03. The lowest BCUT2D eigenvalue weighted by Gasteiger charge is -2.16. The van der Waals surface area contributed by atoms with E-state index < -0.39 is 0 Å². The molecule has 0 saturated heterocycles. The van der Waals surface area contributed by atoms with Gasteiger partial charge in [0, 0.05) is 9.99 Å². The minimum atomic E-state index is -0.0778. The second kappa shape index (κ2) is 5.34. The molecular weight excluding hydrogens is 427 g/mol. The van der Waals surface area contributed by atoms with Crippen molar-refractivity contribution < 1.29 is 4.74 Å². The van der Waals surface area contributed by atoms with Crippen molar-refractivity contribution in [2.24, 2.45) is 0 Å². The highest BCUT2D eigenvalue weighted by molar-refractivity contribution is 14.1. The van der Waals surface area contributed by atoms with Crippen molar-refractivity contribution in [2.75, 3.05) is 0 Å². The molecule has 0 spiro atoms. The fourth-order valence-electron chi connectivity index (χ4n) is 2.61. The van der Waals surface area contributed by atoms with E-state index in [0.29, 0.717) is 0 Å². The van der Waals surface area contributed by atoms with Gasteiger partial charge in [-0.3, -0.25) is 0 Å². The maximum atomic E-state index is 5.93. The summed E-state index contributed by atoms with van der Waals surface area (Å²) in [4.78, 5) is 0.230. The molecule has 1 aliphatic heterocycles. The third-order valence-corrected chi connectivity index (χ3v) is 5.32. The Bertz CT molecular complexity index is 634. The fourth-order valence-corrected chi connectivity index (χ4v) is 3.56.